The third kappa shape index (κ3) is 3.87. The maximum atomic E-state index is 12.5. The van der Waals surface area contributed by atoms with E-state index >= 15 is 0 Å². The summed E-state index contributed by atoms with van der Waals surface area (Å²) in [5.41, 5.74) is 2.21. The normalized spacial score (nSPS) is 22.3. The van der Waals surface area contributed by atoms with Gasteiger partial charge in [0.1, 0.15) is 0 Å². The Morgan fingerprint density at radius 1 is 1.24 bits per heavy atom. The molecule has 0 aliphatic heterocycles. The molecule has 2 nitrogen and oxygen atoms in total. The minimum atomic E-state index is 0. The van der Waals surface area contributed by atoms with Crippen molar-refractivity contribution in [2.45, 2.75) is 51.5 Å². The lowest BCUT2D eigenvalue weighted by Crippen LogP contribution is -2.34. The van der Waals surface area contributed by atoms with Gasteiger partial charge in [0.25, 0.3) is 0 Å². The largest absolute Gasteiger partial charge is 0.314 e. The molecular weight excluding hydrogens is 282 g/mol. The number of benzene rings is 1. The number of nitrogens with one attached hydrogen (secondary N) is 1. The highest BCUT2D eigenvalue weighted by atomic mass is 35.5. The zero-order valence-corrected chi connectivity index (χ0v) is 13.6. The van der Waals surface area contributed by atoms with E-state index < -0.39 is 0 Å². The zero-order valence-electron chi connectivity index (χ0n) is 12.8. The molecule has 2 atom stereocenters. The van der Waals surface area contributed by atoms with Gasteiger partial charge in [-0.15, -0.1) is 12.4 Å². The molecule has 1 aromatic rings. The first-order chi connectivity index (χ1) is 9.79. The standard InChI is InChI=1S/C18H25NO.ClH/c1-2-17(14-8-9-14)19-12-11-15-10-7-13-5-3-4-6-16(13)18(15)20;/h3-6,14-15,17,19H,2,7-12H2,1H3;1H. The highest BCUT2D eigenvalue weighted by molar-refractivity contribution is 6.00. The lowest BCUT2D eigenvalue weighted by Gasteiger charge is -2.24. The fraction of sp³-hybridized carbons (Fsp3) is 0.611. The third-order valence-electron chi connectivity index (χ3n) is 4.95. The van der Waals surface area contributed by atoms with E-state index in [0.29, 0.717) is 11.8 Å². The first-order valence-corrected chi connectivity index (χ1v) is 8.15. The second-order valence-corrected chi connectivity index (χ2v) is 6.35. The molecule has 0 spiro atoms. The van der Waals surface area contributed by atoms with Crippen LogP contribution in [-0.2, 0) is 6.42 Å². The number of halogens is 1. The van der Waals surface area contributed by atoms with Gasteiger partial charge in [-0.3, -0.25) is 4.79 Å². The molecule has 3 heteroatoms. The smallest absolute Gasteiger partial charge is 0.166 e. The monoisotopic (exact) mass is 307 g/mol. The predicted molar refractivity (Wildman–Crippen MR) is 89.3 cm³/mol. The summed E-state index contributed by atoms with van der Waals surface area (Å²) in [6.07, 6.45) is 7.08. The summed E-state index contributed by atoms with van der Waals surface area (Å²) in [4.78, 5) is 12.5. The van der Waals surface area contributed by atoms with Gasteiger partial charge in [0, 0.05) is 17.5 Å². The van der Waals surface area contributed by atoms with Crippen LogP contribution in [0.25, 0.3) is 0 Å². The summed E-state index contributed by atoms with van der Waals surface area (Å²) >= 11 is 0. The number of rotatable bonds is 6. The van der Waals surface area contributed by atoms with Gasteiger partial charge in [-0.1, -0.05) is 31.2 Å². The van der Waals surface area contributed by atoms with E-state index in [4.69, 9.17) is 0 Å². The summed E-state index contributed by atoms with van der Waals surface area (Å²) in [5, 5.41) is 3.67. The van der Waals surface area contributed by atoms with Crippen LogP contribution in [0.1, 0.15) is 54.9 Å². The molecule has 1 aromatic carbocycles. The highest BCUT2D eigenvalue weighted by Gasteiger charge is 2.30. The molecule has 3 rings (SSSR count). The van der Waals surface area contributed by atoms with E-state index in [0.717, 1.165) is 37.3 Å². The Morgan fingerprint density at radius 2 is 2.00 bits per heavy atom. The molecule has 1 N–H and O–H groups in total. The average molecular weight is 308 g/mol. The van der Waals surface area contributed by atoms with Crippen molar-refractivity contribution in [2.75, 3.05) is 6.54 Å². The molecule has 0 heterocycles. The number of aryl methyl sites for hydroxylation is 1. The number of carbonyl (C=O) groups is 1. The van der Waals surface area contributed by atoms with Gasteiger partial charge in [0.2, 0.25) is 0 Å². The Bertz CT molecular complexity index is 484. The summed E-state index contributed by atoms with van der Waals surface area (Å²) in [5.74, 6) is 1.50. The van der Waals surface area contributed by atoms with Gasteiger partial charge in [-0.2, -0.15) is 0 Å². The highest BCUT2D eigenvalue weighted by Crippen LogP contribution is 2.34. The van der Waals surface area contributed by atoms with Gasteiger partial charge in [0.05, 0.1) is 0 Å². The van der Waals surface area contributed by atoms with Crippen LogP contribution in [0.15, 0.2) is 24.3 Å². The van der Waals surface area contributed by atoms with Crippen LogP contribution in [0.2, 0.25) is 0 Å². The van der Waals surface area contributed by atoms with Crippen LogP contribution in [0, 0.1) is 11.8 Å². The lowest BCUT2D eigenvalue weighted by atomic mass is 9.81. The fourth-order valence-corrected chi connectivity index (χ4v) is 3.52. The van der Waals surface area contributed by atoms with Crippen molar-refractivity contribution >= 4 is 18.2 Å². The Morgan fingerprint density at radius 3 is 2.71 bits per heavy atom. The van der Waals surface area contributed by atoms with Crippen molar-refractivity contribution in [3.05, 3.63) is 35.4 Å². The van der Waals surface area contributed by atoms with Gasteiger partial charge in [-0.25, -0.2) is 0 Å². The van der Waals surface area contributed by atoms with Crippen LogP contribution in [0.3, 0.4) is 0 Å². The molecule has 21 heavy (non-hydrogen) atoms. The Hall–Kier alpha value is -0.860. The van der Waals surface area contributed by atoms with Gasteiger partial charge >= 0.3 is 0 Å². The average Bonchev–Trinajstić information content (AvgIpc) is 3.31. The number of fused-ring (bicyclic) bond motifs is 1. The maximum Gasteiger partial charge on any atom is 0.166 e. The quantitative estimate of drug-likeness (QED) is 0.860. The van der Waals surface area contributed by atoms with E-state index in [1.807, 2.05) is 18.2 Å². The molecule has 2 aliphatic rings. The molecule has 2 aliphatic carbocycles. The Balaban J connectivity index is 0.00000161. The first kappa shape index (κ1) is 16.5. The van der Waals surface area contributed by atoms with Crippen LogP contribution < -0.4 is 5.32 Å². The van der Waals surface area contributed by atoms with Crippen molar-refractivity contribution in [3.63, 3.8) is 0 Å². The van der Waals surface area contributed by atoms with Crippen molar-refractivity contribution in [3.8, 4) is 0 Å². The molecule has 1 fully saturated rings. The van der Waals surface area contributed by atoms with Crippen molar-refractivity contribution in [1.29, 1.82) is 0 Å². The van der Waals surface area contributed by atoms with E-state index in [1.165, 1.54) is 24.8 Å². The maximum absolute atomic E-state index is 12.5. The summed E-state index contributed by atoms with van der Waals surface area (Å²) in [6.45, 7) is 3.26. The summed E-state index contributed by atoms with van der Waals surface area (Å²) in [7, 11) is 0. The Kier molecular flexibility index (Phi) is 5.83. The van der Waals surface area contributed by atoms with Crippen LogP contribution in [0.5, 0.6) is 0 Å². The van der Waals surface area contributed by atoms with E-state index in [9.17, 15) is 4.79 Å². The number of Topliss-reactive ketones (excluding diaryl/α,β-unsaturated/α-hetero) is 1. The number of ketones is 1. The molecule has 0 aromatic heterocycles. The SMILES string of the molecule is CCC(NCCC1CCc2ccccc2C1=O)C1CC1.Cl. The summed E-state index contributed by atoms with van der Waals surface area (Å²) in [6, 6.07) is 8.80. The third-order valence-corrected chi connectivity index (χ3v) is 4.95. The molecule has 0 saturated heterocycles. The second-order valence-electron chi connectivity index (χ2n) is 6.35. The minimum Gasteiger partial charge on any atom is -0.314 e. The molecule has 2 unspecified atom stereocenters. The van der Waals surface area contributed by atoms with Gasteiger partial charge < -0.3 is 5.32 Å². The molecular formula is C18H26ClNO. The lowest BCUT2D eigenvalue weighted by molar-refractivity contribution is 0.0894. The second kappa shape index (κ2) is 7.42. The fourth-order valence-electron chi connectivity index (χ4n) is 3.52. The molecule has 0 amide bonds. The Labute approximate surface area is 134 Å². The van der Waals surface area contributed by atoms with E-state index in [-0.39, 0.29) is 18.3 Å². The van der Waals surface area contributed by atoms with E-state index in [1.54, 1.807) is 0 Å². The molecule has 116 valence electrons. The topological polar surface area (TPSA) is 29.1 Å². The molecule has 1 saturated carbocycles. The zero-order chi connectivity index (χ0) is 13.9. The van der Waals surface area contributed by atoms with Crippen molar-refractivity contribution in [2.24, 2.45) is 11.8 Å². The number of hydrogen-bond donors (Lipinski definition) is 1. The minimum absolute atomic E-state index is 0. The van der Waals surface area contributed by atoms with Crippen molar-refractivity contribution < 1.29 is 4.79 Å². The van der Waals surface area contributed by atoms with Crippen LogP contribution in [-0.4, -0.2) is 18.4 Å². The van der Waals surface area contributed by atoms with Crippen molar-refractivity contribution in [1.82, 2.24) is 5.32 Å². The van der Waals surface area contributed by atoms with Gasteiger partial charge in [-0.05, 0) is 56.6 Å². The van der Waals surface area contributed by atoms with Crippen LogP contribution in [0.4, 0.5) is 0 Å². The number of carbonyl (C=O) groups excluding carboxylic acids is 1. The predicted octanol–water partition coefficient (Wildman–Crippen LogP) is 4.02. The van der Waals surface area contributed by atoms with Gasteiger partial charge in [0.15, 0.2) is 5.78 Å². The summed E-state index contributed by atoms with van der Waals surface area (Å²) < 4.78 is 0. The number of hydrogen-bond acceptors (Lipinski definition) is 2. The van der Waals surface area contributed by atoms with Crippen LogP contribution >= 0.6 is 12.4 Å². The first-order valence-electron chi connectivity index (χ1n) is 8.15. The molecule has 0 radical (unpaired) electrons. The molecule has 0 bridgehead atoms. The van der Waals surface area contributed by atoms with E-state index in [2.05, 4.69) is 18.3 Å².